The minimum absolute atomic E-state index is 0. The smallest absolute Gasteiger partial charge is 0.191 e. The van der Waals surface area contributed by atoms with Gasteiger partial charge in [-0.15, -0.1) is 24.0 Å². The van der Waals surface area contributed by atoms with Crippen LogP contribution in [0.15, 0.2) is 4.99 Å². The van der Waals surface area contributed by atoms with Gasteiger partial charge in [0.1, 0.15) is 0 Å². The van der Waals surface area contributed by atoms with Crippen molar-refractivity contribution < 1.29 is 5.11 Å². The Balaban J connectivity index is 0.00000338. The SMILES string of the molecule is CCNC(=NCC1(CCO)CCCCC1)NCC1CN(C)CCN1C.I. The minimum atomic E-state index is 0. The average Bonchev–Trinajstić information content (AvgIpc) is 2.61. The highest BCUT2D eigenvalue weighted by Gasteiger charge is 2.31. The zero-order valence-corrected chi connectivity index (χ0v) is 19.3. The quantitative estimate of drug-likeness (QED) is 0.294. The van der Waals surface area contributed by atoms with E-state index >= 15 is 0 Å². The lowest BCUT2D eigenvalue weighted by Crippen LogP contribution is -2.55. The fraction of sp³-hybridized carbons (Fsp3) is 0.947. The highest BCUT2D eigenvalue weighted by Crippen LogP contribution is 2.39. The zero-order chi connectivity index (χ0) is 18.1. The van der Waals surface area contributed by atoms with E-state index in [4.69, 9.17) is 4.99 Å². The van der Waals surface area contributed by atoms with Crippen molar-refractivity contribution in [3.05, 3.63) is 0 Å². The van der Waals surface area contributed by atoms with Crippen LogP contribution < -0.4 is 10.6 Å². The number of likely N-dealkylation sites (N-methyl/N-ethyl adjacent to an activating group) is 2. The number of guanidine groups is 1. The van der Waals surface area contributed by atoms with Crippen LogP contribution in [0.1, 0.15) is 45.4 Å². The molecule has 0 amide bonds. The minimum Gasteiger partial charge on any atom is -0.396 e. The van der Waals surface area contributed by atoms with Crippen LogP contribution in [0.3, 0.4) is 0 Å². The Morgan fingerprint density at radius 3 is 2.54 bits per heavy atom. The standard InChI is InChI=1S/C19H39N5O.HI/c1-4-20-18(21-14-17-15-23(2)11-12-24(17)3)22-16-19(10-13-25)8-6-5-7-9-19;/h17,25H,4-16H2,1-3H3,(H2,20,21,22);1H. The number of piperazine rings is 1. The molecule has 0 bridgehead atoms. The Kier molecular flexibility index (Phi) is 11.4. The average molecular weight is 481 g/mol. The van der Waals surface area contributed by atoms with Crippen LogP contribution in [-0.2, 0) is 0 Å². The number of aliphatic hydroxyl groups is 1. The van der Waals surface area contributed by atoms with Gasteiger partial charge >= 0.3 is 0 Å². The molecule has 2 fully saturated rings. The Morgan fingerprint density at radius 1 is 1.15 bits per heavy atom. The Bertz CT molecular complexity index is 409. The summed E-state index contributed by atoms with van der Waals surface area (Å²) in [6, 6.07) is 0.517. The summed E-state index contributed by atoms with van der Waals surface area (Å²) in [5.41, 5.74) is 0.206. The predicted molar refractivity (Wildman–Crippen MR) is 121 cm³/mol. The second-order valence-corrected chi connectivity index (χ2v) is 8.01. The van der Waals surface area contributed by atoms with E-state index in [1.165, 1.54) is 32.1 Å². The van der Waals surface area contributed by atoms with E-state index in [0.29, 0.717) is 6.04 Å². The molecular weight excluding hydrogens is 441 g/mol. The maximum absolute atomic E-state index is 9.49. The first-order chi connectivity index (χ1) is 12.1. The molecule has 2 rings (SSSR count). The lowest BCUT2D eigenvalue weighted by molar-refractivity contribution is 0.116. The molecule has 0 aromatic heterocycles. The third-order valence-corrected chi connectivity index (χ3v) is 5.96. The number of aliphatic imine (C=N–C) groups is 1. The molecule has 154 valence electrons. The van der Waals surface area contributed by atoms with Crippen LogP contribution in [0.4, 0.5) is 0 Å². The normalized spacial score (nSPS) is 24.8. The Labute approximate surface area is 177 Å². The molecule has 3 N–H and O–H groups in total. The molecule has 6 nitrogen and oxygen atoms in total. The van der Waals surface area contributed by atoms with E-state index in [2.05, 4.69) is 41.5 Å². The van der Waals surface area contributed by atoms with Crippen molar-refractivity contribution in [3.63, 3.8) is 0 Å². The molecule has 0 radical (unpaired) electrons. The van der Waals surface area contributed by atoms with E-state index in [0.717, 1.165) is 51.6 Å². The zero-order valence-electron chi connectivity index (χ0n) is 17.0. The molecule has 7 heteroatoms. The summed E-state index contributed by atoms with van der Waals surface area (Å²) in [5.74, 6) is 0.923. The van der Waals surface area contributed by atoms with Crippen LogP contribution in [0, 0.1) is 5.41 Å². The Hall–Kier alpha value is -0.120. The van der Waals surface area contributed by atoms with Gasteiger partial charge in [-0.25, -0.2) is 0 Å². The number of rotatable bonds is 7. The summed E-state index contributed by atoms with van der Waals surface area (Å²) in [7, 11) is 4.41. The topological polar surface area (TPSA) is 63.1 Å². The van der Waals surface area contributed by atoms with Crippen LogP contribution in [0.5, 0.6) is 0 Å². The van der Waals surface area contributed by atoms with E-state index in [-0.39, 0.29) is 36.0 Å². The van der Waals surface area contributed by atoms with Crippen molar-refractivity contribution in [1.82, 2.24) is 20.4 Å². The van der Waals surface area contributed by atoms with E-state index in [1.807, 2.05) is 0 Å². The molecule has 1 heterocycles. The molecular formula is C19H40IN5O. The first kappa shape index (κ1) is 23.9. The van der Waals surface area contributed by atoms with Crippen molar-refractivity contribution in [2.24, 2.45) is 10.4 Å². The molecule has 1 atom stereocenters. The summed E-state index contributed by atoms with van der Waals surface area (Å²) >= 11 is 0. The molecule has 0 spiro atoms. The summed E-state index contributed by atoms with van der Waals surface area (Å²) in [6.07, 6.45) is 7.17. The highest BCUT2D eigenvalue weighted by atomic mass is 127. The summed E-state index contributed by atoms with van der Waals surface area (Å²) < 4.78 is 0. The molecule has 1 saturated heterocycles. The second kappa shape index (κ2) is 12.4. The van der Waals surface area contributed by atoms with Crippen LogP contribution in [0.25, 0.3) is 0 Å². The molecule has 1 saturated carbocycles. The Morgan fingerprint density at radius 2 is 1.88 bits per heavy atom. The summed E-state index contributed by atoms with van der Waals surface area (Å²) in [6.45, 7) is 8.36. The number of nitrogens with zero attached hydrogens (tertiary/aromatic N) is 3. The fourth-order valence-electron chi connectivity index (χ4n) is 4.15. The van der Waals surface area contributed by atoms with Crippen molar-refractivity contribution in [3.8, 4) is 0 Å². The van der Waals surface area contributed by atoms with Gasteiger partial charge in [-0.3, -0.25) is 9.89 Å². The van der Waals surface area contributed by atoms with Crippen LogP contribution in [0.2, 0.25) is 0 Å². The maximum atomic E-state index is 9.49. The van der Waals surface area contributed by atoms with E-state index in [9.17, 15) is 5.11 Å². The molecule has 0 aromatic rings. The monoisotopic (exact) mass is 481 g/mol. The van der Waals surface area contributed by atoms with E-state index in [1.54, 1.807) is 0 Å². The van der Waals surface area contributed by atoms with Gasteiger partial charge in [0.05, 0.1) is 0 Å². The third kappa shape index (κ3) is 7.48. The van der Waals surface area contributed by atoms with Gasteiger partial charge in [-0.1, -0.05) is 19.3 Å². The van der Waals surface area contributed by atoms with Gasteiger partial charge in [0.2, 0.25) is 0 Å². The van der Waals surface area contributed by atoms with Crippen LogP contribution in [-0.4, -0.2) is 86.9 Å². The predicted octanol–water partition coefficient (Wildman–Crippen LogP) is 1.74. The maximum Gasteiger partial charge on any atom is 0.191 e. The molecule has 1 aliphatic carbocycles. The molecule has 0 aromatic carbocycles. The first-order valence-corrected chi connectivity index (χ1v) is 10.1. The first-order valence-electron chi connectivity index (χ1n) is 10.1. The van der Waals surface area contributed by atoms with Crippen LogP contribution >= 0.6 is 24.0 Å². The van der Waals surface area contributed by atoms with Gasteiger partial charge in [-0.05, 0) is 45.7 Å². The van der Waals surface area contributed by atoms with Gasteiger partial charge in [0, 0.05) is 51.9 Å². The number of halogens is 1. The van der Waals surface area contributed by atoms with E-state index < -0.39 is 0 Å². The highest BCUT2D eigenvalue weighted by molar-refractivity contribution is 14.0. The fourth-order valence-corrected chi connectivity index (χ4v) is 4.15. The lowest BCUT2D eigenvalue weighted by Gasteiger charge is -2.38. The summed E-state index contributed by atoms with van der Waals surface area (Å²) in [5, 5.41) is 16.4. The number of nitrogens with one attached hydrogen (secondary N) is 2. The lowest BCUT2D eigenvalue weighted by atomic mass is 9.72. The largest absolute Gasteiger partial charge is 0.396 e. The molecule has 1 aliphatic heterocycles. The van der Waals surface area contributed by atoms with Gasteiger partial charge < -0.3 is 20.6 Å². The van der Waals surface area contributed by atoms with Gasteiger partial charge in [-0.2, -0.15) is 0 Å². The van der Waals surface area contributed by atoms with Gasteiger partial charge in [0.15, 0.2) is 5.96 Å². The van der Waals surface area contributed by atoms with Crippen molar-refractivity contribution >= 4 is 29.9 Å². The number of hydrogen-bond acceptors (Lipinski definition) is 4. The third-order valence-electron chi connectivity index (χ3n) is 5.96. The summed E-state index contributed by atoms with van der Waals surface area (Å²) in [4.78, 5) is 9.74. The van der Waals surface area contributed by atoms with Crippen molar-refractivity contribution in [1.29, 1.82) is 0 Å². The van der Waals surface area contributed by atoms with Gasteiger partial charge in [0.25, 0.3) is 0 Å². The molecule has 2 aliphatic rings. The molecule has 1 unspecified atom stereocenters. The van der Waals surface area contributed by atoms with Crippen molar-refractivity contribution in [2.75, 3.05) is 60.0 Å². The number of hydrogen-bond donors (Lipinski definition) is 3. The second-order valence-electron chi connectivity index (χ2n) is 8.01. The van der Waals surface area contributed by atoms with Crippen molar-refractivity contribution in [2.45, 2.75) is 51.5 Å². The number of aliphatic hydroxyl groups excluding tert-OH is 1. The molecule has 26 heavy (non-hydrogen) atoms.